The first-order chi connectivity index (χ1) is 16.9. The summed E-state index contributed by atoms with van der Waals surface area (Å²) in [4.78, 5) is 11.2. The summed E-state index contributed by atoms with van der Waals surface area (Å²) in [6.07, 6.45) is -25.3. The number of aliphatic carboxylic acids is 1. The Hall–Kier alpha value is -1.13. The van der Waals surface area contributed by atoms with E-state index in [1.165, 1.54) is 7.11 Å². The molecule has 210 valence electrons. The summed E-state index contributed by atoms with van der Waals surface area (Å²) in [7, 11) is 1.19. The van der Waals surface area contributed by atoms with Crippen LogP contribution in [0.4, 0.5) is 0 Å². The highest BCUT2D eigenvalue weighted by molar-refractivity contribution is 5.73. The van der Waals surface area contributed by atoms with E-state index < -0.39 is 111 Å². The van der Waals surface area contributed by atoms with Gasteiger partial charge in [-0.2, -0.15) is 0 Å². The minimum Gasteiger partial charge on any atom is -0.479 e. The number of carboxylic acids is 1. The number of hydrogen-bond donors (Lipinski definition) is 10. The van der Waals surface area contributed by atoms with E-state index in [-0.39, 0.29) is 0 Å². The predicted molar refractivity (Wildman–Crippen MR) is 107 cm³/mol. The van der Waals surface area contributed by atoms with E-state index in [0.29, 0.717) is 0 Å². The molecule has 0 aromatic rings. The van der Waals surface area contributed by atoms with Crippen molar-refractivity contribution in [3.8, 4) is 0 Å². The highest BCUT2D eigenvalue weighted by Crippen LogP contribution is 2.27. The van der Waals surface area contributed by atoms with Crippen LogP contribution in [-0.4, -0.2) is 169 Å². The van der Waals surface area contributed by atoms with Crippen molar-refractivity contribution in [1.82, 2.24) is 0 Å². The number of hydrogen-bond acceptors (Lipinski definition) is 16. The molecule has 0 saturated carbocycles. The van der Waals surface area contributed by atoms with E-state index in [4.69, 9.17) is 33.5 Å². The van der Waals surface area contributed by atoms with Gasteiger partial charge in [0, 0.05) is 7.11 Å². The van der Waals surface area contributed by atoms with Crippen LogP contribution < -0.4 is 0 Å². The average Bonchev–Trinajstić information content (AvgIpc) is 2.85. The number of methoxy groups -OCH3 is 1. The van der Waals surface area contributed by atoms with E-state index in [1.54, 1.807) is 0 Å². The molecule has 3 saturated heterocycles. The molecule has 0 radical (unpaired) electrons. The fourth-order valence-corrected chi connectivity index (χ4v) is 4.01. The monoisotopic (exact) mass is 532 g/mol. The summed E-state index contributed by atoms with van der Waals surface area (Å²) in [6, 6.07) is 0. The van der Waals surface area contributed by atoms with Gasteiger partial charge < -0.3 is 79.5 Å². The van der Waals surface area contributed by atoms with Gasteiger partial charge in [-0.1, -0.05) is 0 Å². The Morgan fingerprint density at radius 1 is 0.583 bits per heavy atom. The zero-order valence-electron chi connectivity index (χ0n) is 18.9. The van der Waals surface area contributed by atoms with Crippen molar-refractivity contribution in [1.29, 1.82) is 0 Å². The van der Waals surface area contributed by atoms with E-state index in [2.05, 4.69) is 0 Å². The number of carbonyl (C=O) groups is 1. The normalized spacial score (nSPS) is 50.1. The lowest BCUT2D eigenvalue weighted by atomic mass is 9.98. The molecular weight excluding hydrogens is 500 g/mol. The SMILES string of the molecule is CO[C@H]1O[C@H](CO[C@@H]2O[C@H](CO[C@@H]3O[C@H](C(=O)O)[C@@H](O)[C@H](O)[C@H]3O)[C@@H](O)[C@H](O)[C@H]2O)[C@@H](O)[C@H](O)[C@H]1O. The Bertz CT molecular complexity index is 724. The second kappa shape index (κ2) is 12.2. The lowest BCUT2D eigenvalue weighted by Crippen LogP contribution is -2.63. The van der Waals surface area contributed by atoms with Crippen LogP contribution in [0.15, 0.2) is 0 Å². The second-order valence-electron chi connectivity index (χ2n) is 8.67. The summed E-state index contributed by atoms with van der Waals surface area (Å²) in [5.41, 5.74) is 0. The lowest BCUT2D eigenvalue weighted by molar-refractivity contribution is -0.339. The zero-order valence-corrected chi connectivity index (χ0v) is 18.9. The Morgan fingerprint density at radius 2 is 0.972 bits per heavy atom. The molecule has 3 aliphatic rings. The molecule has 0 aromatic heterocycles. The van der Waals surface area contributed by atoms with Crippen LogP contribution in [0.25, 0.3) is 0 Å². The van der Waals surface area contributed by atoms with Gasteiger partial charge in [-0.25, -0.2) is 4.79 Å². The van der Waals surface area contributed by atoms with E-state index in [0.717, 1.165) is 0 Å². The van der Waals surface area contributed by atoms with Gasteiger partial charge >= 0.3 is 5.97 Å². The van der Waals surface area contributed by atoms with Crippen molar-refractivity contribution in [2.24, 2.45) is 0 Å². The molecule has 0 spiro atoms. The van der Waals surface area contributed by atoms with Crippen LogP contribution in [0.5, 0.6) is 0 Å². The first-order valence-electron chi connectivity index (χ1n) is 11.0. The van der Waals surface area contributed by atoms with E-state index in [1.807, 2.05) is 0 Å². The fraction of sp³-hybridized carbons (Fsp3) is 0.947. The third kappa shape index (κ3) is 5.96. The molecule has 3 heterocycles. The number of ether oxygens (including phenoxy) is 6. The van der Waals surface area contributed by atoms with Gasteiger partial charge in [0.2, 0.25) is 0 Å². The van der Waals surface area contributed by atoms with Crippen LogP contribution in [0.2, 0.25) is 0 Å². The Kier molecular flexibility index (Phi) is 9.94. The molecular formula is C19H32O17. The van der Waals surface area contributed by atoms with Crippen molar-refractivity contribution >= 4 is 5.97 Å². The molecule has 15 atom stereocenters. The van der Waals surface area contributed by atoms with Crippen LogP contribution in [0, 0.1) is 0 Å². The van der Waals surface area contributed by atoms with Crippen LogP contribution >= 0.6 is 0 Å². The lowest BCUT2D eigenvalue weighted by Gasteiger charge is -2.43. The maximum absolute atomic E-state index is 11.2. The number of aliphatic hydroxyl groups excluding tert-OH is 9. The van der Waals surface area contributed by atoms with Gasteiger partial charge in [0.25, 0.3) is 0 Å². The third-order valence-electron chi connectivity index (χ3n) is 6.23. The smallest absolute Gasteiger partial charge is 0.335 e. The maximum atomic E-state index is 11.2. The van der Waals surface area contributed by atoms with Crippen molar-refractivity contribution in [2.75, 3.05) is 20.3 Å². The molecule has 0 amide bonds. The molecule has 10 N–H and O–H groups in total. The fourth-order valence-electron chi connectivity index (χ4n) is 4.01. The molecule has 3 rings (SSSR count). The van der Waals surface area contributed by atoms with Gasteiger partial charge in [-0.05, 0) is 0 Å². The predicted octanol–water partition coefficient (Wildman–Crippen LogP) is -6.83. The molecule has 36 heavy (non-hydrogen) atoms. The van der Waals surface area contributed by atoms with Crippen LogP contribution in [0.3, 0.4) is 0 Å². The van der Waals surface area contributed by atoms with Crippen molar-refractivity contribution in [2.45, 2.75) is 92.1 Å². The molecule has 17 heteroatoms. The third-order valence-corrected chi connectivity index (χ3v) is 6.23. The summed E-state index contributed by atoms with van der Waals surface area (Å²) < 4.78 is 31.1. The molecule has 0 unspecified atom stereocenters. The number of rotatable bonds is 8. The number of aliphatic hydroxyl groups is 9. The molecule has 0 bridgehead atoms. The molecule has 3 aliphatic heterocycles. The van der Waals surface area contributed by atoms with Gasteiger partial charge in [0.15, 0.2) is 25.0 Å². The Labute approximate surface area is 203 Å². The minimum absolute atomic E-state index is 0.530. The first-order valence-corrected chi connectivity index (χ1v) is 11.0. The summed E-state index contributed by atoms with van der Waals surface area (Å²) >= 11 is 0. The average molecular weight is 532 g/mol. The Morgan fingerprint density at radius 3 is 1.42 bits per heavy atom. The van der Waals surface area contributed by atoms with E-state index >= 15 is 0 Å². The standard InChI is InChI=1S/C19H32O17/c1-31-17-12(26)8(22)6(20)4(34-17)2-32-18-13(27)9(23)7(21)5(35-18)3-33-19-14(28)10(24)11(25)15(36-19)16(29)30/h4-15,17-28H,2-3H2,1H3,(H,29,30)/t4-,5-,6-,7-,8+,9+,10+,11+,12-,13-,14-,15+,17+,18-,19-/m1/s1. The number of carboxylic acid groups (broad SMARTS) is 1. The van der Waals surface area contributed by atoms with Gasteiger partial charge in [-0.3, -0.25) is 0 Å². The maximum Gasteiger partial charge on any atom is 0.335 e. The van der Waals surface area contributed by atoms with E-state index in [9.17, 15) is 50.8 Å². The largest absolute Gasteiger partial charge is 0.479 e. The highest BCUT2D eigenvalue weighted by atomic mass is 16.7. The first kappa shape index (κ1) is 29.4. The van der Waals surface area contributed by atoms with Gasteiger partial charge in [0.05, 0.1) is 13.2 Å². The van der Waals surface area contributed by atoms with Gasteiger partial charge in [0.1, 0.15) is 67.1 Å². The Balaban J connectivity index is 1.60. The zero-order chi connectivity index (χ0) is 26.9. The summed E-state index contributed by atoms with van der Waals surface area (Å²) in [5.74, 6) is -1.64. The molecule has 3 fully saturated rings. The van der Waals surface area contributed by atoms with Crippen LogP contribution in [0.1, 0.15) is 0 Å². The highest BCUT2D eigenvalue weighted by Gasteiger charge is 2.50. The van der Waals surface area contributed by atoms with Crippen molar-refractivity contribution < 1.29 is 84.3 Å². The van der Waals surface area contributed by atoms with Crippen molar-refractivity contribution in [3.05, 3.63) is 0 Å². The van der Waals surface area contributed by atoms with Gasteiger partial charge in [-0.15, -0.1) is 0 Å². The van der Waals surface area contributed by atoms with Crippen LogP contribution in [-0.2, 0) is 33.2 Å². The van der Waals surface area contributed by atoms with Crippen molar-refractivity contribution in [3.63, 3.8) is 0 Å². The second-order valence-corrected chi connectivity index (χ2v) is 8.67. The minimum atomic E-state index is -1.95. The molecule has 0 aromatic carbocycles. The summed E-state index contributed by atoms with van der Waals surface area (Å²) in [5, 5.41) is 99.2. The summed E-state index contributed by atoms with van der Waals surface area (Å²) in [6.45, 7) is -1.20. The molecule has 0 aliphatic carbocycles. The topological polar surface area (TPSA) is 275 Å². The quantitative estimate of drug-likeness (QED) is 0.139. The molecule has 17 nitrogen and oxygen atoms in total.